The van der Waals surface area contributed by atoms with Gasteiger partial charge in [-0.1, -0.05) is 11.6 Å². The predicted molar refractivity (Wildman–Crippen MR) is 89.5 cm³/mol. The van der Waals surface area contributed by atoms with Gasteiger partial charge in [-0.2, -0.15) is 5.10 Å². The molecule has 0 aliphatic carbocycles. The van der Waals surface area contributed by atoms with Crippen molar-refractivity contribution in [2.75, 3.05) is 13.7 Å². The standard InChI is InChI=1S/C18H22N2O4/c1-6-20-18(24-10-16(21)23-5)15(9-19-20)17(22)14-8-11(2)7-12(3)13(14)4/h7-9H,6,10H2,1-5H3. The van der Waals surface area contributed by atoms with Gasteiger partial charge in [0.1, 0.15) is 5.56 Å². The minimum absolute atomic E-state index is 0.168. The summed E-state index contributed by atoms with van der Waals surface area (Å²) in [6.45, 7) is 7.98. The maximum atomic E-state index is 13.0. The lowest BCUT2D eigenvalue weighted by Crippen LogP contribution is -2.16. The van der Waals surface area contributed by atoms with Crippen molar-refractivity contribution >= 4 is 11.8 Å². The highest BCUT2D eigenvalue weighted by atomic mass is 16.6. The van der Waals surface area contributed by atoms with Crippen molar-refractivity contribution in [2.24, 2.45) is 0 Å². The zero-order valence-electron chi connectivity index (χ0n) is 14.7. The summed E-state index contributed by atoms with van der Waals surface area (Å²) < 4.78 is 11.6. The van der Waals surface area contributed by atoms with Crippen LogP contribution in [0, 0.1) is 20.8 Å². The van der Waals surface area contributed by atoms with Crippen molar-refractivity contribution in [3.05, 3.63) is 46.1 Å². The first kappa shape index (κ1) is 17.7. The Hall–Kier alpha value is -2.63. The van der Waals surface area contributed by atoms with Gasteiger partial charge in [-0.05, 0) is 44.9 Å². The van der Waals surface area contributed by atoms with Crippen molar-refractivity contribution in [2.45, 2.75) is 34.2 Å². The van der Waals surface area contributed by atoms with Gasteiger partial charge in [0.05, 0.1) is 13.3 Å². The number of rotatable bonds is 6. The second-order valence-corrected chi connectivity index (χ2v) is 5.63. The summed E-state index contributed by atoms with van der Waals surface area (Å²) >= 11 is 0. The molecule has 1 aromatic heterocycles. The molecule has 6 nitrogen and oxygen atoms in total. The Bertz CT molecular complexity index is 778. The number of hydrogen-bond acceptors (Lipinski definition) is 5. The van der Waals surface area contributed by atoms with Gasteiger partial charge in [-0.25, -0.2) is 9.48 Å². The van der Waals surface area contributed by atoms with E-state index in [4.69, 9.17) is 4.74 Å². The third-order valence-corrected chi connectivity index (χ3v) is 3.95. The molecule has 1 heterocycles. The van der Waals surface area contributed by atoms with Gasteiger partial charge >= 0.3 is 5.97 Å². The van der Waals surface area contributed by atoms with E-state index in [2.05, 4.69) is 9.84 Å². The number of esters is 1. The average Bonchev–Trinajstić information content (AvgIpc) is 2.98. The molecule has 128 valence electrons. The Kier molecular flexibility index (Phi) is 5.39. The topological polar surface area (TPSA) is 70.4 Å². The molecule has 0 bridgehead atoms. The lowest BCUT2D eigenvalue weighted by molar-refractivity contribution is -0.143. The number of aromatic nitrogens is 2. The molecule has 0 fully saturated rings. The lowest BCUT2D eigenvalue weighted by Gasteiger charge is -2.11. The highest BCUT2D eigenvalue weighted by molar-refractivity contribution is 6.11. The summed E-state index contributed by atoms with van der Waals surface area (Å²) in [6.07, 6.45) is 1.48. The van der Waals surface area contributed by atoms with Gasteiger partial charge in [0.2, 0.25) is 5.88 Å². The fourth-order valence-corrected chi connectivity index (χ4v) is 2.51. The average molecular weight is 330 g/mol. The maximum Gasteiger partial charge on any atom is 0.343 e. The Morgan fingerprint density at radius 1 is 1.17 bits per heavy atom. The smallest absolute Gasteiger partial charge is 0.343 e. The van der Waals surface area contributed by atoms with Gasteiger partial charge in [-0.3, -0.25) is 4.79 Å². The summed E-state index contributed by atoms with van der Waals surface area (Å²) in [5, 5.41) is 4.18. The summed E-state index contributed by atoms with van der Waals surface area (Å²) in [4.78, 5) is 24.3. The highest BCUT2D eigenvalue weighted by Crippen LogP contribution is 2.25. The monoisotopic (exact) mass is 330 g/mol. The van der Waals surface area contributed by atoms with Crippen LogP contribution in [0.15, 0.2) is 18.3 Å². The number of ketones is 1. The van der Waals surface area contributed by atoms with Gasteiger partial charge in [-0.15, -0.1) is 0 Å². The van der Waals surface area contributed by atoms with Crippen LogP contribution >= 0.6 is 0 Å². The second kappa shape index (κ2) is 7.29. The Balaban J connectivity index is 2.43. The molecule has 24 heavy (non-hydrogen) atoms. The molecular formula is C18H22N2O4. The van der Waals surface area contributed by atoms with Gasteiger partial charge in [0.25, 0.3) is 0 Å². The van der Waals surface area contributed by atoms with Gasteiger partial charge in [0, 0.05) is 12.1 Å². The SMILES string of the molecule is CCn1ncc(C(=O)c2cc(C)cc(C)c2C)c1OCC(=O)OC. The van der Waals surface area contributed by atoms with Crippen LogP contribution in [-0.4, -0.2) is 35.2 Å². The summed E-state index contributed by atoms with van der Waals surface area (Å²) in [7, 11) is 1.29. The fraction of sp³-hybridized carbons (Fsp3) is 0.389. The third kappa shape index (κ3) is 3.48. The van der Waals surface area contributed by atoms with E-state index in [-0.39, 0.29) is 18.3 Å². The van der Waals surface area contributed by atoms with Crippen LogP contribution < -0.4 is 4.74 Å². The first-order valence-corrected chi connectivity index (χ1v) is 7.77. The van der Waals surface area contributed by atoms with E-state index in [1.807, 2.05) is 39.8 Å². The van der Waals surface area contributed by atoms with Crippen molar-refractivity contribution in [1.82, 2.24) is 9.78 Å². The molecule has 2 aromatic rings. The minimum atomic E-state index is -0.514. The molecule has 0 spiro atoms. The Morgan fingerprint density at radius 2 is 1.88 bits per heavy atom. The minimum Gasteiger partial charge on any atom is -0.466 e. The second-order valence-electron chi connectivity index (χ2n) is 5.63. The number of methoxy groups -OCH3 is 1. The number of nitrogens with zero attached hydrogens (tertiary/aromatic N) is 2. The van der Waals surface area contributed by atoms with E-state index >= 15 is 0 Å². The molecule has 0 aliphatic heterocycles. The van der Waals surface area contributed by atoms with Crippen molar-refractivity contribution in [1.29, 1.82) is 0 Å². The Labute approximate surface area is 141 Å². The summed E-state index contributed by atoms with van der Waals surface area (Å²) in [5.41, 5.74) is 3.95. The van der Waals surface area contributed by atoms with E-state index in [9.17, 15) is 9.59 Å². The van der Waals surface area contributed by atoms with E-state index in [0.717, 1.165) is 16.7 Å². The largest absolute Gasteiger partial charge is 0.466 e. The van der Waals surface area contributed by atoms with Crippen LogP contribution in [0.4, 0.5) is 0 Å². The van der Waals surface area contributed by atoms with Crippen LogP contribution in [0.1, 0.15) is 39.5 Å². The Morgan fingerprint density at radius 3 is 2.50 bits per heavy atom. The molecule has 0 atom stereocenters. The molecule has 0 amide bonds. The van der Waals surface area contributed by atoms with Crippen LogP contribution in [0.2, 0.25) is 0 Å². The first-order chi connectivity index (χ1) is 11.4. The number of hydrogen-bond donors (Lipinski definition) is 0. The van der Waals surface area contributed by atoms with Gasteiger partial charge < -0.3 is 9.47 Å². The zero-order valence-corrected chi connectivity index (χ0v) is 14.7. The third-order valence-electron chi connectivity index (χ3n) is 3.95. The van der Waals surface area contributed by atoms with Crippen LogP contribution in [0.3, 0.4) is 0 Å². The normalized spacial score (nSPS) is 10.5. The lowest BCUT2D eigenvalue weighted by atomic mass is 9.95. The number of carbonyl (C=O) groups is 2. The van der Waals surface area contributed by atoms with E-state index in [1.54, 1.807) is 4.68 Å². The highest BCUT2D eigenvalue weighted by Gasteiger charge is 2.22. The predicted octanol–water partition coefficient (Wildman–Crippen LogP) is 2.61. The number of ether oxygens (including phenoxy) is 2. The summed E-state index contributed by atoms with van der Waals surface area (Å²) in [6, 6.07) is 3.90. The number of aryl methyl sites for hydroxylation is 3. The molecule has 2 rings (SSSR count). The van der Waals surface area contributed by atoms with Crippen molar-refractivity contribution < 1.29 is 19.1 Å². The van der Waals surface area contributed by atoms with Crippen molar-refractivity contribution in [3.8, 4) is 5.88 Å². The number of carbonyl (C=O) groups excluding carboxylic acids is 2. The molecule has 0 aliphatic rings. The molecule has 0 N–H and O–H groups in total. The van der Waals surface area contributed by atoms with E-state index in [0.29, 0.717) is 17.7 Å². The fourth-order valence-electron chi connectivity index (χ4n) is 2.51. The first-order valence-electron chi connectivity index (χ1n) is 7.77. The molecule has 6 heteroatoms. The molecule has 1 aromatic carbocycles. The quantitative estimate of drug-likeness (QED) is 0.601. The van der Waals surface area contributed by atoms with Crippen LogP contribution in [0.25, 0.3) is 0 Å². The summed E-state index contributed by atoms with van der Waals surface area (Å²) in [5.74, 6) is -0.398. The van der Waals surface area contributed by atoms with Crippen molar-refractivity contribution in [3.63, 3.8) is 0 Å². The maximum absolute atomic E-state index is 13.0. The van der Waals surface area contributed by atoms with Gasteiger partial charge in [0.15, 0.2) is 12.4 Å². The number of benzene rings is 1. The molecule has 0 unspecified atom stereocenters. The zero-order chi connectivity index (χ0) is 17.9. The molecule has 0 saturated carbocycles. The molecule has 0 saturated heterocycles. The van der Waals surface area contributed by atoms with Crippen LogP contribution in [-0.2, 0) is 16.1 Å². The van der Waals surface area contributed by atoms with E-state index < -0.39 is 5.97 Å². The molecule has 0 radical (unpaired) electrons. The molecular weight excluding hydrogens is 308 g/mol. The van der Waals surface area contributed by atoms with E-state index in [1.165, 1.54) is 13.3 Å². The van der Waals surface area contributed by atoms with Crippen LogP contribution in [0.5, 0.6) is 5.88 Å².